The third-order valence-corrected chi connectivity index (χ3v) is 3.84. The Kier molecular flexibility index (Phi) is 4.40. The highest BCUT2D eigenvalue weighted by Crippen LogP contribution is 2.28. The van der Waals surface area contributed by atoms with Gasteiger partial charge >= 0.3 is 5.97 Å². The van der Waals surface area contributed by atoms with Crippen LogP contribution >= 0.6 is 0 Å². The first kappa shape index (κ1) is 13.1. The molecule has 1 aliphatic carbocycles. The van der Waals surface area contributed by atoms with Crippen molar-refractivity contribution in [2.45, 2.75) is 51.4 Å². The van der Waals surface area contributed by atoms with Gasteiger partial charge in [0.25, 0.3) is 0 Å². The maximum absolute atomic E-state index is 11.8. The normalized spacial score (nSPS) is 15.9. The molecule has 2 heteroatoms. The van der Waals surface area contributed by atoms with E-state index in [2.05, 4.69) is 25.1 Å². The fourth-order valence-corrected chi connectivity index (χ4v) is 2.82. The predicted octanol–water partition coefficient (Wildman–Crippen LogP) is 3.62. The van der Waals surface area contributed by atoms with E-state index in [0.717, 1.165) is 24.8 Å². The summed E-state index contributed by atoms with van der Waals surface area (Å²) in [4.78, 5) is 11.8. The van der Waals surface area contributed by atoms with E-state index in [9.17, 15) is 4.79 Å². The SMILES string of the molecule is CCCC(C(=O)OC)c1ccc2c(c1)CCCC2. The Hall–Kier alpha value is -1.31. The van der Waals surface area contributed by atoms with E-state index in [4.69, 9.17) is 4.74 Å². The first-order chi connectivity index (χ1) is 8.76. The van der Waals surface area contributed by atoms with E-state index >= 15 is 0 Å². The maximum atomic E-state index is 11.8. The van der Waals surface area contributed by atoms with Crippen molar-refractivity contribution in [3.8, 4) is 0 Å². The van der Waals surface area contributed by atoms with E-state index in [0.29, 0.717) is 0 Å². The molecule has 1 aromatic rings. The largest absolute Gasteiger partial charge is 0.469 e. The molecule has 18 heavy (non-hydrogen) atoms. The molecular weight excluding hydrogens is 224 g/mol. The van der Waals surface area contributed by atoms with Gasteiger partial charge in [0.15, 0.2) is 0 Å². The van der Waals surface area contributed by atoms with Crippen molar-refractivity contribution in [3.63, 3.8) is 0 Å². The molecule has 0 N–H and O–H groups in total. The minimum Gasteiger partial charge on any atom is -0.469 e. The van der Waals surface area contributed by atoms with Crippen LogP contribution in [0.5, 0.6) is 0 Å². The number of esters is 1. The molecule has 2 nitrogen and oxygen atoms in total. The molecule has 0 amide bonds. The van der Waals surface area contributed by atoms with Gasteiger partial charge in [-0.3, -0.25) is 4.79 Å². The zero-order chi connectivity index (χ0) is 13.0. The van der Waals surface area contributed by atoms with Crippen LogP contribution in [0.15, 0.2) is 18.2 Å². The molecule has 2 rings (SSSR count). The number of aryl methyl sites for hydroxylation is 2. The van der Waals surface area contributed by atoms with Gasteiger partial charge in [0, 0.05) is 0 Å². The van der Waals surface area contributed by atoms with Crippen LogP contribution in [0, 0.1) is 0 Å². The van der Waals surface area contributed by atoms with Gasteiger partial charge in [-0.15, -0.1) is 0 Å². The van der Waals surface area contributed by atoms with Crippen LogP contribution < -0.4 is 0 Å². The fourth-order valence-electron chi connectivity index (χ4n) is 2.82. The molecule has 0 radical (unpaired) electrons. The number of benzene rings is 1. The highest BCUT2D eigenvalue weighted by Gasteiger charge is 2.21. The molecule has 0 saturated carbocycles. The number of hydrogen-bond donors (Lipinski definition) is 0. The Morgan fingerprint density at radius 3 is 2.67 bits per heavy atom. The lowest BCUT2D eigenvalue weighted by Gasteiger charge is -2.20. The lowest BCUT2D eigenvalue weighted by atomic mass is 9.86. The molecular formula is C16H22O2. The number of carbonyl (C=O) groups excluding carboxylic acids is 1. The number of rotatable bonds is 4. The summed E-state index contributed by atoms with van der Waals surface area (Å²) in [6.07, 6.45) is 6.77. The average molecular weight is 246 g/mol. The second-order valence-electron chi connectivity index (χ2n) is 5.10. The summed E-state index contributed by atoms with van der Waals surface area (Å²) in [5, 5.41) is 0. The summed E-state index contributed by atoms with van der Waals surface area (Å²) < 4.78 is 4.92. The Balaban J connectivity index is 2.27. The molecule has 1 aliphatic rings. The van der Waals surface area contributed by atoms with E-state index < -0.39 is 0 Å². The summed E-state index contributed by atoms with van der Waals surface area (Å²) in [6, 6.07) is 6.54. The summed E-state index contributed by atoms with van der Waals surface area (Å²) in [5.41, 5.74) is 4.03. The van der Waals surface area contributed by atoms with E-state index in [-0.39, 0.29) is 11.9 Å². The monoisotopic (exact) mass is 246 g/mol. The molecule has 0 spiro atoms. The van der Waals surface area contributed by atoms with E-state index in [1.807, 2.05) is 0 Å². The molecule has 0 saturated heterocycles. The van der Waals surface area contributed by atoms with Crippen molar-refractivity contribution < 1.29 is 9.53 Å². The third kappa shape index (κ3) is 2.74. The van der Waals surface area contributed by atoms with Gasteiger partial charge in [-0.1, -0.05) is 31.5 Å². The summed E-state index contributed by atoms with van der Waals surface area (Å²) >= 11 is 0. The zero-order valence-corrected chi connectivity index (χ0v) is 11.4. The standard InChI is InChI=1S/C16H22O2/c1-3-6-15(16(17)18-2)14-10-9-12-7-4-5-8-13(12)11-14/h9-11,15H,3-8H2,1-2H3. The number of hydrogen-bond acceptors (Lipinski definition) is 2. The second kappa shape index (κ2) is 6.03. The van der Waals surface area contributed by atoms with Gasteiger partial charge < -0.3 is 4.74 Å². The Labute approximate surface area is 109 Å². The second-order valence-corrected chi connectivity index (χ2v) is 5.10. The van der Waals surface area contributed by atoms with E-state index in [1.165, 1.54) is 37.5 Å². The van der Waals surface area contributed by atoms with Crippen LogP contribution in [0.25, 0.3) is 0 Å². The average Bonchev–Trinajstić information content (AvgIpc) is 2.43. The van der Waals surface area contributed by atoms with Crippen LogP contribution in [-0.2, 0) is 22.4 Å². The van der Waals surface area contributed by atoms with Gasteiger partial charge in [-0.25, -0.2) is 0 Å². The molecule has 0 aliphatic heterocycles. The van der Waals surface area contributed by atoms with Crippen LogP contribution in [0.1, 0.15) is 55.2 Å². The minimum atomic E-state index is -0.104. The molecule has 1 aromatic carbocycles. The summed E-state index contributed by atoms with van der Waals surface area (Å²) in [6.45, 7) is 2.11. The highest BCUT2D eigenvalue weighted by atomic mass is 16.5. The molecule has 0 fully saturated rings. The zero-order valence-electron chi connectivity index (χ0n) is 11.4. The first-order valence-corrected chi connectivity index (χ1v) is 6.95. The minimum absolute atomic E-state index is 0.0905. The number of ether oxygens (including phenoxy) is 1. The Bertz CT molecular complexity index is 423. The Morgan fingerprint density at radius 1 is 1.28 bits per heavy atom. The van der Waals surface area contributed by atoms with Crippen molar-refractivity contribution in [1.29, 1.82) is 0 Å². The van der Waals surface area contributed by atoms with Gasteiger partial charge in [-0.2, -0.15) is 0 Å². The van der Waals surface area contributed by atoms with Crippen molar-refractivity contribution in [2.75, 3.05) is 7.11 Å². The van der Waals surface area contributed by atoms with Crippen molar-refractivity contribution in [1.82, 2.24) is 0 Å². The lowest BCUT2D eigenvalue weighted by Crippen LogP contribution is -2.15. The topological polar surface area (TPSA) is 26.3 Å². The van der Waals surface area contributed by atoms with Gasteiger partial charge in [0.1, 0.15) is 0 Å². The number of carbonyl (C=O) groups is 1. The predicted molar refractivity (Wildman–Crippen MR) is 72.7 cm³/mol. The van der Waals surface area contributed by atoms with Gasteiger partial charge in [0.2, 0.25) is 0 Å². The van der Waals surface area contributed by atoms with Gasteiger partial charge in [-0.05, 0) is 48.8 Å². The van der Waals surface area contributed by atoms with Crippen LogP contribution in [0.3, 0.4) is 0 Å². The van der Waals surface area contributed by atoms with Gasteiger partial charge in [0.05, 0.1) is 13.0 Å². The smallest absolute Gasteiger partial charge is 0.313 e. The van der Waals surface area contributed by atoms with Crippen LogP contribution in [0.4, 0.5) is 0 Å². The lowest BCUT2D eigenvalue weighted by molar-refractivity contribution is -0.142. The first-order valence-electron chi connectivity index (χ1n) is 6.95. The van der Waals surface area contributed by atoms with Crippen LogP contribution in [-0.4, -0.2) is 13.1 Å². The third-order valence-electron chi connectivity index (χ3n) is 3.84. The van der Waals surface area contributed by atoms with Crippen molar-refractivity contribution >= 4 is 5.97 Å². The summed E-state index contributed by atoms with van der Waals surface area (Å²) in [7, 11) is 1.48. The van der Waals surface area contributed by atoms with Crippen molar-refractivity contribution in [2.24, 2.45) is 0 Å². The quantitative estimate of drug-likeness (QED) is 0.758. The van der Waals surface area contributed by atoms with Crippen LogP contribution in [0.2, 0.25) is 0 Å². The Morgan fingerprint density at radius 2 is 2.00 bits per heavy atom. The molecule has 1 atom stereocenters. The molecule has 98 valence electrons. The maximum Gasteiger partial charge on any atom is 0.313 e. The van der Waals surface area contributed by atoms with Crippen molar-refractivity contribution in [3.05, 3.63) is 34.9 Å². The van der Waals surface area contributed by atoms with E-state index in [1.54, 1.807) is 0 Å². The molecule has 0 bridgehead atoms. The molecule has 0 aromatic heterocycles. The highest BCUT2D eigenvalue weighted by molar-refractivity contribution is 5.78. The number of fused-ring (bicyclic) bond motifs is 1. The molecule has 1 unspecified atom stereocenters. The molecule has 0 heterocycles. The fraction of sp³-hybridized carbons (Fsp3) is 0.562. The summed E-state index contributed by atoms with van der Waals surface area (Å²) in [5.74, 6) is -0.195. The number of methoxy groups -OCH3 is 1.